The van der Waals surface area contributed by atoms with Gasteiger partial charge < -0.3 is 15.5 Å². The van der Waals surface area contributed by atoms with Gasteiger partial charge in [-0.3, -0.25) is 4.79 Å². The van der Waals surface area contributed by atoms with Crippen molar-refractivity contribution in [2.75, 3.05) is 36.0 Å². The second-order valence-corrected chi connectivity index (χ2v) is 4.77. The minimum absolute atomic E-state index is 0.293. The summed E-state index contributed by atoms with van der Waals surface area (Å²) >= 11 is 0. The van der Waals surface area contributed by atoms with Crippen LogP contribution in [0.5, 0.6) is 0 Å². The number of nitrogens with zero attached hydrogens (tertiary/aromatic N) is 5. The van der Waals surface area contributed by atoms with E-state index in [0.717, 1.165) is 37.9 Å². The Balaban J connectivity index is 1.68. The van der Waals surface area contributed by atoms with Gasteiger partial charge in [0.1, 0.15) is 11.5 Å². The van der Waals surface area contributed by atoms with E-state index < -0.39 is 5.91 Å². The lowest BCUT2D eigenvalue weighted by atomic mass is 10.3. The molecule has 7 nitrogen and oxygen atoms in total. The molecule has 1 saturated heterocycles. The number of hydrogen-bond donors (Lipinski definition) is 1. The van der Waals surface area contributed by atoms with E-state index in [4.69, 9.17) is 5.73 Å². The molecule has 2 aromatic heterocycles. The van der Waals surface area contributed by atoms with E-state index >= 15 is 0 Å². The van der Waals surface area contributed by atoms with Crippen LogP contribution >= 0.6 is 0 Å². The fourth-order valence-corrected chi connectivity index (χ4v) is 2.33. The van der Waals surface area contributed by atoms with Crippen LogP contribution in [0.25, 0.3) is 0 Å². The lowest BCUT2D eigenvalue weighted by molar-refractivity contribution is 0.0995. The Kier molecular flexibility index (Phi) is 3.63. The van der Waals surface area contributed by atoms with E-state index in [0.29, 0.717) is 5.69 Å². The molecule has 1 aliphatic heterocycles. The van der Waals surface area contributed by atoms with Crippen molar-refractivity contribution >= 4 is 17.7 Å². The molecule has 2 aromatic rings. The molecule has 1 fully saturated rings. The fourth-order valence-electron chi connectivity index (χ4n) is 2.33. The van der Waals surface area contributed by atoms with Crippen LogP contribution in [0.15, 0.2) is 36.7 Å². The van der Waals surface area contributed by atoms with E-state index in [-0.39, 0.29) is 0 Å². The molecule has 21 heavy (non-hydrogen) atoms. The summed E-state index contributed by atoms with van der Waals surface area (Å²) in [5.74, 6) is 1.02. The van der Waals surface area contributed by atoms with E-state index in [2.05, 4.69) is 24.8 Å². The highest BCUT2D eigenvalue weighted by Crippen LogP contribution is 2.16. The fraction of sp³-hybridized carbons (Fsp3) is 0.286. The third-order valence-electron chi connectivity index (χ3n) is 3.43. The lowest BCUT2D eigenvalue weighted by Gasteiger charge is -2.35. The van der Waals surface area contributed by atoms with Crippen LogP contribution < -0.4 is 15.5 Å². The van der Waals surface area contributed by atoms with Gasteiger partial charge in [0, 0.05) is 38.6 Å². The monoisotopic (exact) mass is 284 g/mol. The number of pyridine rings is 1. The van der Waals surface area contributed by atoms with E-state index in [1.165, 1.54) is 0 Å². The zero-order chi connectivity index (χ0) is 14.7. The molecule has 0 radical (unpaired) electrons. The maximum atomic E-state index is 11.2. The third-order valence-corrected chi connectivity index (χ3v) is 3.43. The second-order valence-electron chi connectivity index (χ2n) is 4.77. The Labute approximate surface area is 122 Å². The Bertz CT molecular complexity index is 624. The van der Waals surface area contributed by atoms with Crippen molar-refractivity contribution in [2.45, 2.75) is 0 Å². The van der Waals surface area contributed by atoms with Gasteiger partial charge in [-0.05, 0) is 18.2 Å². The predicted octanol–water partition coefficient (Wildman–Crippen LogP) is 0.297. The van der Waals surface area contributed by atoms with Crippen molar-refractivity contribution in [1.82, 2.24) is 15.0 Å². The number of piperazine rings is 1. The summed E-state index contributed by atoms with van der Waals surface area (Å²) in [5, 5.41) is 0. The Morgan fingerprint density at radius 3 is 2.33 bits per heavy atom. The van der Waals surface area contributed by atoms with E-state index in [9.17, 15) is 4.79 Å². The van der Waals surface area contributed by atoms with Gasteiger partial charge in [0.15, 0.2) is 0 Å². The number of rotatable bonds is 3. The topological polar surface area (TPSA) is 88.2 Å². The van der Waals surface area contributed by atoms with E-state index in [1.54, 1.807) is 30.6 Å². The molecule has 1 aliphatic rings. The molecule has 0 saturated carbocycles. The highest BCUT2D eigenvalue weighted by Gasteiger charge is 2.20. The average molecular weight is 284 g/mol. The molecule has 0 bridgehead atoms. The maximum Gasteiger partial charge on any atom is 0.267 e. The third kappa shape index (κ3) is 2.91. The largest absolute Gasteiger partial charge is 0.364 e. The summed E-state index contributed by atoms with van der Waals surface area (Å²) in [6.45, 7) is 3.22. The number of anilines is 2. The molecule has 0 atom stereocenters. The highest BCUT2D eigenvalue weighted by atomic mass is 16.1. The van der Waals surface area contributed by atoms with Crippen LogP contribution in [0.2, 0.25) is 0 Å². The van der Waals surface area contributed by atoms with Gasteiger partial charge in [0.05, 0.1) is 0 Å². The Morgan fingerprint density at radius 2 is 1.67 bits per heavy atom. The molecule has 0 spiro atoms. The molecule has 108 valence electrons. The number of amides is 1. The van der Waals surface area contributed by atoms with Gasteiger partial charge in [0.2, 0.25) is 5.95 Å². The smallest absolute Gasteiger partial charge is 0.267 e. The van der Waals surface area contributed by atoms with Crippen molar-refractivity contribution in [3.8, 4) is 0 Å². The molecule has 0 aromatic carbocycles. The van der Waals surface area contributed by atoms with Gasteiger partial charge in [-0.25, -0.2) is 15.0 Å². The van der Waals surface area contributed by atoms with Gasteiger partial charge in [0.25, 0.3) is 5.91 Å². The summed E-state index contributed by atoms with van der Waals surface area (Å²) in [6, 6.07) is 7.12. The van der Waals surface area contributed by atoms with Crippen LogP contribution in [0, 0.1) is 0 Å². The molecular formula is C14H16N6O. The Hall–Kier alpha value is -2.70. The van der Waals surface area contributed by atoms with Crippen LogP contribution in [-0.2, 0) is 0 Å². The quantitative estimate of drug-likeness (QED) is 0.872. The number of nitrogens with two attached hydrogens (primary N) is 1. The summed E-state index contributed by atoms with van der Waals surface area (Å²) in [4.78, 5) is 28.3. The van der Waals surface area contributed by atoms with Crippen molar-refractivity contribution < 1.29 is 4.79 Å². The highest BCUT2D eigenvalue weighted by molar-refractivity contribution is 5.91. The molecule has 3 rings (SSSR count). The Morgan fingerprint density at radius 1 is 1.00 bits per heavy atom. The number of primary amides is 1. The van der Waals surface area contributed by atoms with Crippen molar-refractivity contribution in [1.29, 1.82) is 0 Å². The van der Waals surface area contributed by atoms with Crippen molar-refractivity contribution in [3.63, 3.8) is 0 Å². The standard InChI is InChI=1S/C14H16N6O/c15-13(21)11-3-1-4-12(18-11)19-7-9-20(10-8-19)14-16-5-2-6-17-14/h1-6H,7-10H2,(H2,15,21). The number of hydrogen-bond acceptors (Lipinski definition) is 6. The van der Waals surface area contributed by atoms with Crippen LogP contribution in [0.4, 0.5) is 11.8 Å². The molecule has 2 N–H and O–H groups in total. The minimum atomic E-state index is -0.506. The van der Waals surface area contributed by atoms with Gasteiger partial charge in [-0.2, -0.15) is 0 Å². The zero-order valence-corrected chi connectivity index (χ0v) is 11.5. The summed E-state index contributed by atoms with van der Waals surface area (Å²) < 4.78 is 0. The lowest BCUT2D eigenvalue weighted by Crippen LogP contribution is -2.47. The second kappa shape index (κ2) is 5.74. The van der Waals surface area contributed by atoms with Gasteiger partial charge in [-0.15, -0.1) is 0 Å². The molecule has 0 unspecified atom stereocenters. The molecular weight excluding hydrogens is 268 g/mol. The molecule has 7 heteroatoms. The molecule has 3 heterocycles. The number of carbonyl (C=O) groups excluding carboxylic acids is 1. The summed E-state index contributed by atoms with van der Waals surface area (Å²) in [6.07, 6.45) is 3.49. The van der Waals surface area contributed by atoms with E-state index in [1.807, 2.05) is 6.07 Å². The van der Waals surface area contributed by atoms with Crippen LogP contribution in [0.1, 0.15) is 10.5 Å². The van der Waals surface area contributed by atoms with Gasteiger partial charge >= 0.3 is 0 Å². The van der Waals surface area contributed by atoms with Gasteiger partial charge in [-0.1, -0.05) is 6.07 Å². The normalized spacial score (nSPS) is 15.0. The number of carbonyl (C=O) groups is 1. The predicted molar refractivity (Wildman–Crippen MR) is 79.2 cm³/mol. The SMILES string of the molecule is NC(=O)c1cccc(N2CCN(c3ncccn3)CC2)n1. The summed E-state index contributed by atoms with van der Waals surface area (Å²) in [5.41, 5.74) is 5.56. The molecule has 1 amide bonds. The minimum Gasteiger partial charge on any atom is -0.364 e. The van der Waals surface area contributed by atoms with Crippen LogP contribution in [0.3, 0.4) is 0 Å². The average Bonchev–Trinajstić information content (AvgIpc) is 2.56. The summed E-state index contributed by atoms with van der Waals surface area (Å²) in [7, 11) is 0. The van der Waals surface area contributed by atoms with Crippen LogP contribution in [-0.4, -0.2) is 47.0 Å². The zero-order valence-electron chi connectivity index (χ0n) is 11.5. The first-order valence-electron chi connectivity index (χ1n) is 6.78. The molecule has 0 aliphatic carbocycles. The first-order chi connectivity index (χ1) is 10.2. The first-order valence-corrected chi connectivity index (χ1v) is 6.78. The maximum absolute atomic E-state index is 11.2. The first kappa shape index (κ1) is 13.3. The number of aromatic nitrogens is 3. The van der Waals surface area contributed by atoms with Crippen molar-refractivity contribution in [3.05, 3.63) is 42.4 Å². The van der Waals surface area contributed by atoms with Crippen molar-refractivity contribution in [2.24, 2.45) is 5.73 Å².